The molecule has 556 valence electrons. The maximum absolute atomic E-state index is 13.0. The van der Waals surface area contributed by atoms with Crippen molar-refractivity contribution in [3.63, 3.8) is 0 Å². The van der Waals surface area contributed by atoms with Crippen LogP contribution >= 0.6 is 0 Å². The summed E-state index contributed by atoms with van der Waals surface area (Å²) in [7, 11) is 6.00. The molecule has 0 fully saturated rings. The lowest BCUT2D eigenvalue weighted by molar-refractivity contribution is -0.870. The minimum Gasteiger partial charge on any atom is -0.477 e. The molecular formula is C86H160NO8+. The van der Waals surface area contributed by atoms with Gasteiger partial charge in [0.05, 0.1) is 34.4 Å². The molecule has 0 saturated carbocycles. The Hall–Kier alpha value is -3.01. The highest BCUT2D eigenvalue weighted by molar-refractivity contribution is 5.71. The first-order chi connectivity index (χ1) is 46.6. The highest BCUT2D eigenvalue weighted by Crippen LogP contribution is 2.20. The number of hydrogen-bond acceptors (Lipinski definition) is 7. The molecule has 2 atom stereocenters. The predicted molar refractivity (Wildman–Crippen MR) is 410 cm³/mol. The number of carboxylic acids is 1. The Bertz CT molecular complexity index is 1750. The van der Waals surface area contributed by atoms with E-state index in [2.05, 4.69) is 74.6 Å². The zero-order valence-electron chi connectivity index (χ0n) is 63.8. The summed E-state index contributed by atoms with van der Waals surface area (Å²) in [6, 6.07) is 0. The Balaban J connectivity index is 3.92. The summed E-state index contributed by atoms with van der Waals surface area (Å²) >= 11 is 0. The average molecular weight is 1340 g/mol. The molecule has 0 aromatic rings. The Morgan fingerprint density at radius 1 is 0.326 bits per heavy atom. The molecule has 0 aromatic heterocycles. The van der Waals surface area contributed by atoms with Crippen LogP contribution in [0.25, 0.3) is 0 Å². The number of allylic oxidation sites excluding steroid dienone is 10. The Morgan fingerprint density at radius 2 is 0.600 bits per heavy atom. The maximum atomic E-state index is 13.0. The van der Waals surface area contributed by atoms with Crippen LogP contribution in [0, 0.1) is 0 Å². The molecule has 0 heterocycles. The van der Waals surface area contributed by atoms with Gasteiger partial charge in [0.15, 0.2) is 6.10 Å². The van der Waals surface area contributed by atoms with E-state index in [1.54, 1.807) is 0 Å². The number of carbonyl (C=O) groups is 3. The zero-order valence-corrected chi connectivity index (χ0v) is 63.8. The van der Waals surface area contributed by atoms with E-state index in [0.29, 0.717) is 17.4 Å². The fourth-order valence-corrected chi connectivity index (χ4v) is 12.5. The van der Waals surface area contributed by atoms with E-state index in [0.717, 1.165) is 64.2 Å². The first kappa shape index (κ1) is 92.0. The smallest absolute Gasteiger partial charge is 0.361 e. The van der Waals surface area contributed by atoms with Crippen LogP contribution in [0.4, 0.5) is 0 Å². The number of quaternary nitrogens is 1. The molecule has 0 rings (SSSR count). The number of aliphatic carboxylic acids is 1. The van der Waals surface area contributed by atoms with Gasteiger partial charge in [0, 0.05) is 12.8 Å². The second kappa shape index (κ2) is 76.7. The molecule has 9 nitrogen and oxygen atoms in total. The van der Waals surface area contributed by atoms with Crippen molar-refractivity contribution in [3.8, 4) is 0 Å². The molecule has 0 aliphatic heterocycles. The molecule has 0 amide bonds. The fraction of sp³-hybridized carbons (Fsp3) is 0.849. The molecular weight excluding hydrogens is 1170 g/mol. The summed E-state index contributed by atoms with van der Waals surface area (Å²) in [6.07, 6.45) is 99.7. The number of nitrogens with zero attached hydrogens (tertiary/aromatic N) is 1. The summed E-state index contributed by atoms with van der Waals surface area (Å²) in [5.41, 5.74) is 0. The van der Waals surface area contributed by atoms with Crippen molar-refractivity contribution in [1.29, 1.82) is 0 Å². The minimum absolute atomic E-state index is 0.178. The van der Waals surface area contributed by atoms with Gasteiger partial charge in [-0.25, -0.2) is 4.79 Å². The molecule has 9 heteroatoms. The van der Waals surface area contributed by atoms with Gasteiger partial charge in [-0.05, 0) is 77.0 Å². The van der Waals surface area contributed by atoms with Crippen LogP contribution < -0.4 is 0 Å². The van der Waals surface area contributed by atoms with Crippen LogP contribution in [0.15, 0.2) is 60.8 Å². The molecule has 0 aliphatic carbocycles. The van der Waals surface area contributed by atoms with Gasteiger partial charge in [-0.3, -0.25) is 9.59 Å². The molecule has 2 unspecified atom stereocenters. The number of hydrogen-bond donors (Lipinski definition) is 1. The van der Waals surface area contributed by atoms with E-state index in [1.165, 1.54) is 321 Å². The Morgan fingerprint density at radius 3 is 0.905 bits per heavy atom. The minimum atomic E-state index is -1.51. The van der Waals surface area contributed by atoms with Crippen LogP contribution in [-0.2, 0) is 33.3 Å². The van der Waals surface area contributed by atoms with E-state index < -0.39 is 18.4 Å². The molecule has 0 saturated heterocycles. The summed E-state index contributed by atoms with van der Waals surface area (Å²) in [5, 5.41) is 9.78. The first-order valence-electron chi connectivity index (χ1n) is 41.5. The third-order valence-corrected chi connectivity index (χ3v) is 18.8. The zero-order chi connectivity index (χ0) is 69.0. The maximum Gasteiger partial charge on any atom is 0.361 e. The Labute approximate surface area is 590 Å². The first-order valence-corrected chi connectivity index (χ1v) is 41.5. The number of carboxylic acid groups (broad SMARTS) is 1. The van der Waals surface area contributed by atoms with Crippen molar-refractivity contribution in [2.45, 2.75) is 424 Å². The van der Waals surface area contributed by atoms with Gasteiger partial charge in [0.25, 0.3) is 6.29 Å². The number of likely N-dealkylation sites (N-methyl/N-ethyl adjacent to an activating group) is 1. The van der Waals surface area contributed by atoms with Crippen LogP contribution in [-0.4, -0.2) is 87.4 Å². The number of unbranched alkanes of at least 4 members (excludes halogenated alkanes) is 53. The van der Waals surface area contributed by atoms with Gasteiger partial charge in [-0.1, -0.05) is 383 Å². The quantitative estimate of drug-likeness (QED) is 0.0211. The van der Waals surface area contributed by atoms with Crippen molar-refractivity contribution in [2.24, 2.45) is 0 Å². The van der Waals surface area contributed by atoms with Gasteiger partial charge in [0.2, 0.25) is 0 Å². The molecule has 0 aromatic carbocycles. The SMILES string of the molecule is CC/C=C\C/C=C\C/C=C\C/C=C\CCCCCCCCCCCCCCCCCCC(=O)OC(COC(=O)CCCCCCCCCCCCCCCCCCCCCCCCCCCCCCC/C=C\CCCCCCCCCC)COC(OCC[N+](C)(C)C)C(=O)O. The number of esters is 2. The predicted octanol–water partition coefficient (Wildman–Crippen LogP) is 26.6. The second-order valence-electron chi connectivity index (χ2n) is 29.4. The third-order valence-electron chi connectivity index (χ3n) is 18.8. The van der Waals surface area contributed by atoms with Crippen molar-refractivity contribution in [1.82, 2.24) is 0 Å². The normalized spacial score (nSPS) is 12.9. The summed E-state index contributed by atoms with van der Waals surface area (Å²) in [4.78, 5) is 37.7. The van der Waals surface area contributed by atoms with Crippen molar-refractivity contribution < 1.29 is 42.9 Å². The molecule has 0 spiro atoms. The highest BCUT2D eigenvalue weighted by Gasteiger charge is 2.25. The number of ether oxygens (including phenoxy) is 4. The van der Waals surface area contributed by atoms with Gasteiger partial charge in [-0.15, -0.1) is 0 Å². The largest absolute Gasteiger partial charge is 0.477 e. The van der Waals surface area contributed by atoms with Gasteiger partial charge < -0.3 is 28.5 Å². The number of carbonyl (C=O) groups excluding carboxylic acids is 2. The lowest BCUT2D eigenvalue weighted by atomic mass is 10.0. The summed E-state index contributed by atoms with van der Waals surface area (Å²) < 4.78 is 23.1. The molecule has 95 heavy (non-hydrogen) atoms. The lowest BCUT2D eigenvalue weighted by Gasteiger charge is -2.25. The summed E-state index contributed by atoms with van der Waals surface area (Å²) in [6.45, 7) is 4.83. The Kier molecular flexibility index (Phi) is 74.3. The van der Waals surface area contributed by atoms with Crippen LogP contribution in [0.1, 0.15) is 412 Å². The van der Waals surface area contributed by atoms with Crippen LogP contribution in [0.5, 0.6) is 0 Å². The average Bonchev–Trinajstić information content (AvgIpc) is 2.86. The molecule has 0 aliphatic rings. The van der Waals surface area contributed by atoms with Crippen molar-refractivity contribution in [3.05, 3.63) is 60.8 Å². The third kappa shape index (κ3) is 78.2. The van der Waals surface area contributed by atoms with Gasteiger partial charge >= 0.3 is 17.9 Å². The number of rotatable bonds is 78. The van der Waals surface area contributed by atoms with E-state index in [1.807, 2.05) is 21.1 Å². The standard InChI is InChI=1S/C86H159NO8/c1-6-8-10-12-14-16-18-20-22-24-26-28-30-32-34-36-37-38-39-40-41-42-43-44-45-46-47-49-50-52-54-56-58-60-62-64-66-68-70-72-74-76-83(88)93-80-82(81-94-86(85(90)91)92-79-78-87(3,4)5)95-84(89)77-75-73-71-69-67-65-63-61-59-57-55-53-51-48-35-33-31-29-27-25-23-21-19-17-15-13-11-9-7-2/h9,11,15,17,21,23-24,26-27,29,82,86H,6-8,10,12-14,16,18-20,22,25,28,30-81H2,1-5H3/p+1/b11-9-,17-15-,23-21-,26-24-,29-27-. The second-order valence-corrected chi connectivity index (χ2v) is 29.4. The molecule has 1 N–H and O–H groups in total. The van der Waals surface area contributed by atoms with Crippen molar-refractivity contribution >= 4 is 17.9 Å². The van der Waals surface area contributed by atoms with Crippen LogP contribution in [0.3, 0.4) is 0 Å². The van der Waals surface area contributed by atoms with E-state index in [4.69, 9.17) is 18.9 Å². The van der Waals surface area contributed by atoms with E-state index >= 15 is 0 Å². The summed E-state index contributed by atoms with van der Waals surface area (Å²) in [5.74, 6) is -1.98. The van der Waals surface area contributed by atoms with Crippen molar-refractivity contribution in [2.75, 3.05) is 47.5 Å². The molecule has 0 bridgehead atoms. The lowest BCUT2D eigenvalue weighted by Crippen LogP contribution is -2.40. The van der Waals surface area contributed by atoms with E-state index in [9.17, 15) is 19.5 Å². The molecule has 0 radical (unpaired) electrons. The van der Waals surface area contributed by atoms with Crippen LogP contribution in [0.2, 0.25) is 0 Å². The van der Waals surface area contributed by atoms with E-state index in [-0.39, 0.29) is 38.2 Å². The highest BCUT2D eigenvalue weighted by atomic mass is 16.7. The van der Waals surface area contributed by atoms with Gasteiger partial charge in [0.1, 0.15) is 13.2 Å². The monoisotopic (exact) mass is 1340 g/mol. The fourth-order valence-electron chi connectivity index (χ4n) is 12.5. The van der Waals surface area contributed by atoms with Gasteiger partial charge in [-0.2, -0.15) is 0 Å². The topological polar surface area (TPSA) is 108 Å².